The summed E-state index contributed by atoms with van der Waals surface area (Å²) in [5.41, 5.74) is 0. The largest absolute Gasteiger partial charge is 0.466 e. The summed E-state index contributed by atoms with van der Waals surface area (Å²) in [7, 11) is 0. The van der Waals surface area contributed by atoms with Crippen LogP contribution in [0.4, 0.5) is 0 Å². The number of hydrogen-bond acceptors (Lipinski definition) is 2. The van der Waals surface area contributed by atoms with Crippen LogP contribution >= 0.6 is 0 Å². The van der Waals surface area contributed by atoms with Crippen LogP contribution in [-0.2, 0) is 9.53 Å². The molecule has 0 bridgehead atoms. The van der Waals surface area contributed by atoms with Crippen molar-refractivity contribution in [1.29, 1.82) is 0 Å². The van der Waals surface area contributed by atoms with E-state index >= 15 is 0 Å². The van der Waals surface area contributed by atoms with Crippen LogP contribution < -0.4 is 0 Å². The van der Waals surface area contributed by atoms with Crippen LogP contribution in [0.3, 0.4) is 0 Å². The van der Waals surface area contributed by atoms with Gasteiger partial charge in [-0.3, -0.25) is 4.79 Å². The smallest absolute Gasteiger partial charge is 0.305 e. The molecule has 0 rings (SSSR count). The van der Waals surface area contributed by atoms with Gasteiger partial charge in [-0.2, -0.15) is 0 Å². The minimum atomic E-state index is 0.0146. The molecule has 0 spiro atoms. The maximum absolute atomic E-state index is 11.8. The van der Waals surface area contributed by atoms with E-state index in [0.717, 1.165) is 12.8 Å². The van der Waals surface area contributed by atoms with E-state index in [0.29, 0.717) is 13.0 Å². The van der Waals surface area contributed by atoms with Gasteiger partial charge in [0.15, 0.2) is 0 Å². The van der Waals surface area contributed by atoms with Gasteiger partial charge in [-0.15, -0.1) is 0 Å². The van der Waals surface area contributed by atoms with E-state index in [1.54, 1.807) is 0 Å². The van der Waals surface area contributed by atoms with Gasteiger partial charge in [-0.05, 0) is 32.1 Å². The quantitative estimate of drug-likeness (QED) is 0.0878. The monoisotopic (exact) mass is 422 g/mol. The Morgan fingerprint density at radius 3 is 1.53 bits per heavy atom. The van der Waals surface area contributed by atoms with Gasteiger partial charge in [0.25, 0.3) is 0 Å². The second kappa shape index (κ2) is 26.2. The van der Waals surface area contributed by atoms with Crippen LogP contribution in [0.1, 0.15) is 155 Å². The summed E-state index contributed by atoms with van der Waals surface area (Å²) in [6.45, 7) is 5.14. The van der Waals surface area contributed by atoms with Crippen LogP contribution in [0.5, 0.6) is 0 Å². The first kappa shape index (κ1) is 29.2. The molecule has 0 saturated heterocycles. The first-order valence-electron chi connectivity index (χ1n) is 13.6. The Hall–Kier alpha value is -0.790. The number of carbonyl (C=O) groups is 1. The Morgan fingerprint density at radius 1 is 0.533 bits per heavy atom. The molecule has 0 saturated carbocycles. The van der Waals surface area contributed by atoms with Crippen molar-refractivity contribution in [2.24, 2.45) is 0 Å². The minimum Gasteiger partial charge on any atom is -0.466 e. The normalized spacial score (nSPS) is 11.4. The van der Waals surface area contributed by atoms with Crippen LogP contribution in [-0.4, -0.2) is 12.6 Å². The average molecular weight is 423 g/mol. The summed E-state index contributed by atoms with van der Waals surface area (Å²) < 4.78 is 5.38. The second-order valence-corrected chi connectivity index (χ2v) is 9.03. The van der Waals surface area contributed by atoms with Gasteiger partial charge < -0.3 is 4.74 Å². The van der Waals surface area contributed by atoms with Gasteiger partial charge in [0.05, 0.1) is 6.61 Å². The summed E-state index contributed by atoms with van der Waals surface area (Å²) in [6.07, 6.45) is 32.4. The van der Waals surface area contributed by atoms with E-state index < -0.39 is 0 Å². The molecule has 0 aromatic heterocycles. The molecule has 0 fully saturated rings. The molecule has 178 valence electrons. The van der Waals surface area contributed by atoms with Crippen molar-refractivity contribution < 1.29 is 9.53 Å². The number of rotatable bonds is 24. The lowest BCUT2D eigenvalue weighted by Crippen LogP contribution is -2.05. The zero-order chi connectivity index (χ0) is 22.0. The highest BCUT2D eigenvalue weighted by molar-refractivity contribution is 5.69. The number of esters is 1. The minimum absolute atomic E-state index is 0.0146. The first-order valence-corrected chi connectivity index (χ1v) is 13.6. The van der Waals surface area contributed by atoms with E-state index in [-0.39, 0.29) is 5.97 Å². The number of ether oxygens (including phenoxy) is 1. The molecule has 0 amide bonds. The maximum Gasteiger partial charge on any atom is 0.305 e. The van der Waals surface area contributed by atoms with E-state index in [1.165, 1.54) is 122 Å². The van der Waals surface area contributed by atoms with Gasteiger partial charge in [-0.25, -0.2) is 0 Å². The van der Waals surface area contributed by atoms with Crippen LogP contribution in [0, 0.1) is 0 Å². The van der Waals surface area contributed by atoms with Crippen molar-refractivity contribution in [3.8, 4) is 0 Å². The molecule has 0 N–H and O–H groups in total. The third-order valence-electron chi connectivity index (χ3n) is 5.90. The predicted octanol–water partition coefficient (Wildman–Crippen LogP) is 9.71. The fourth-order valence-electron chi connectivity index (χ4n) is 3.82. The number of unbranched alkanes of at least 4 members (excludes halogenated alkanes) is 18. The van der Waals surface area contributed by atoms with E-state index in [4.69, 9.17) is 4.74 Å². The maximum atomic E-state index is 11.8. The molecule has 2 nitrogen and oxygen atoms in total. The SMILES string of the molecule is CCCC/C=C\CCCCCCCCOC(=O)CCCCCCCCCCCCC. The van der Waals surface area contributed by atoms with Crippen molar-refractivity contribution in [2.75, 3.05) is 6.61 Å². The molecule has 0 atom stereocenters. The molecule has 0 aliphatic carbocycles. The lowest BCUT2D eigenvalue weighted by atomic mass is 10.1. The number of hydrogen-bond donors (Lipinski definition) is 0. The van der Waals surface area contributed by atoms with Gasteiger partial charge in [-0.1, -0.05) is 129 Å². The molecule has 0 aliphatic heterocycles. The van der Waals surface area contributed by atoms with Gasteiger partial charge in [0.2, 0.25) is 0 Å². The molecule has 0 radical (unpaired) electrons. The molecule has 0 unspecified atom stereocenters. The van der Waals surface area contributed by atoms with Crippen molar-refractivity contribution in [3.63, 3.8) is 0 Å². The molecule has 30 heavy (non-hydrogen) atoms. The first-order chi connectivity index (χ1) is 14.8. The zero-order valence-corrected chi connectivity index (χ0v) is 20.7. The Morgan fingerprint density at radius 2 is 0.967 bits per heavy atom. The van der Waals surface area contributed by atoms with Crippen LogP contribution in [0.2, 0.25) is 0 Å². The molecule has 0 aromatic carbocycles. The highest BCUT2D eigenvalue weighted by atomic mass is 16.5. The fraction of sp³-hybridized carbons (Fsp3) is 0.893. The summed E-state index contributed by atoms with van der Waals surface area (Å²) >= 11 is 0. The Kier molecular flexibility index (Phi) is 25.6. The molecule has 0 aromatic rings. The summed E-state index contributed by atoms with van der Waals surface area (Å²) in [5, 5.41) is 0. The fourth-order valence-corrected chi connectivity index (χ4v) is 3.82. The van der Waals surface area contributed by atoms with Crippen molar-refractivity contribution in [3.05, 3.63) is 12.2 Å². The Labute approximate surface area is 189 Å². The third-order valence-corrected chi connectivity index (χ3v) is 5.90. The summed E-state index contributed by atoms with van der Waals surface area (Å²) in [4.78, 5) is 11.8. The molecular weight excluding hydrogens is 368 g/mol. The number of carbonyl (C=O) groups excluding carboxylic acids is 1. The predicted molar refractivity (Wildman–Crippen MR) is 133 cm³/mol. The standard InChI is InChI=1S/C28H54O2/c1-3-5-7-9-11-13-15-17-19-21-23-25-27-30-28(29)26-24-22-20-18-16-14-12-10-8-6-4-2/h9,11H,3-8,10,12-27H2,1-2H3/b11-9-. The van der Waals surface area contributed by atoms with Gasteiger partial charge in [0, 0.05) is 6.42 Å². The molecule has 0 aliphatic rings. The van der Waals surface area contributed by atoms with Crippen molar-refractivity contribution in [1.82, 2.24) is 0 Å². The van der Waals surface area contributed by atoms with Crippen LogP contribution in [0.25, 0.3) is 0 Å². The Bertz CT molecular complexity index is 362. The van der Waals surface area contributed by atoms with Crippen LogP contribution in [0.15, 0.2) is 12.2 Å². The number of allylic oxidation sites excluding steroid dienone is 2. The van der Waals surface area contributed by atoms with Gasteiger partial charge >= 0.3 is 5.97 Å². The molecule has 2 heteroatoms. The highest BCUT2D eigenvalue weighted by Crippen LogP contribution is 2.12. The lowest BCUT2D eigenvalue weighted by Gasteiger charge is -2.05. The molecule has 0 heterocycles. The average Bonchev–Trinajstić information content (AvgIpc) is 2.75. The van der Waals surface area contributed by atoms with E-state index in [9.17, 15) is 4.79 Å². The van der Waals surface area contributed by atoms with Gasteiger partial charge in [0.1, 0.15) is 0 Å². The zero-order valence-electron chi connectivity index (χ0n) is 20.7. The third kappa shape index (κ3) is 25.2. The van der Waals surface area contributed by atoms with E-state index in [1.807, 2.05) is 0 Å². The molecular formula is C28H54O2. The van der Waals surface area contributed by atoms with E-state index in [2.05, 4.69) is 26.0 Å². The van der Waals surface area contributed by atoms with Crippen molar-refractivity contribution >= 4 is 5.97 Å². The summed E-state index contributed by atoms with van der Waals surface area (Å²) in [5.74, 6) is 0.0146. The van der Waals surface area contributed by atoms with Crippen molar-refractivity contribution in [2.45, 2.75) is 155 Å². The summed E-state index contributed by atoms with van der Waals surface area (Å²) in [6, 6.07) is 0. The highest BCUT2D eigenvalue weighted by Gasteiger charge is 2.02. The topological polar surface area (TPSA) is 26.3 Å². The Balaban J connectivity index is 3.18. The second-order valence-electron chi connectivity index (χ2n) is 9.03. The lowest BCUT2D eigenvalue weighted by molar-refractivity contribution is -0.143.